The molecule has 3 aromatic carbocycles. The second kappa shape index (κ2) is 12.6. The van der Waals surface area contributed by atoms with Crippen molar-refractivity contribution in [3.63, 3.8) is 0 Å². The molecule has 3 aromatic rings. The first-order valence-corrected chi connectivity index (χ1v) is 13.8. The highest BCUT2D eigenvalue weighted by Gasteiger charge is 2.25. The second-order valence-electron chi connectivity index (χ2n) is 8.53. The molecular formula is C27H26Cl2N4O2S2. The molecular weight excluding hydrogens is 547 g/mol. The van der Waals surface area contributed by atoms with Gasteiger partial charge in [-0.3, -0.25) is 9.59 Å². The van der Waals surface area contributed by atoms with Crippen LogP contribution in [0.4, 0.5) is 11.4 Å². The minimum Gasteiger partial charge on any atom is -0.365 e. The summed E-state index contributed by atoms with van der Waals surface area (Å²) in [4.78, 5) is 30.2. The number of carbonyl (C=O) groups excluding carboxylic acids is 2. The maximum Gasteiger partial charge on any atom is 0.253 e. The Hall–Kier alpha value is -2.78. The average Bonchev–Trinajstić information content (AvgIpc) is 2.89. The van der Waals surface area contributed by atoms with E-state index in [1.54, 1.807) is 12.1 Å². The molecule has 37 heavy (non-hydrogen) atoms. The fourth-order valence-corrected chi connectivity index (χ4v) is 5.29. The summed E-state index contributed by atoms with van der Waals surface area (Å²) < 4.78 is 0. The molecule has 0 atom stereocenters. The molecule has 0 radical (unpaired) electrons. The van der Waals surface area contributed by atoms with E-state index in [1.807, 2.05) is 66.4 Å². The van der Waals surface area contributed by atoms with Crippen LogP contribution in [0.5, 0.6) is 0 Å². The van der Waals surface area contributed by atoms with Crippen LogP contribution >= 0.6 is 47.2 Å². The lowest BCUT2D eigenvalue weighted by Crippen LogP contribution is -2.49. The van der Waals surface area contributed by atoms with Gasteiger partial charge in [-0.2, -0.15) is 0 Å². The number of thioether (sulfide) groups is 1. The SMILES string of the molecule is Cc1ccc(C(=O)N2CCN(c3c(Cl)cccc3NC(=S)NC(=O)CSc3ccc(Cl)cc3)CC2)cc1. The fraction of sp³-hybridized carbons (Fsp3) is 0.222. The van der Waals surface area contributed by atoms with Gasteiger partial charge in [0.05, 0.1) is 22.2 Å². The number of thiocarbonyl (C=S) groups is 1. The van der Waals surface area contributed by atoms with Crippen LogP contribution < -0.4 is 15.5 Å². The zero-order valence-corrected chi connectivity index (χ0v) is 23.3. The van der Waals surface area contributed by atoms with Crippen molar-refractivity contribution in [2.75, 3.05) is 42.1 Å². The Kier molecular flexibility index (Phi) is 9.32. The van der Waals surface area contributed by atoms with E-state index in [0.717, 1.165) is 16.1 Å². The van der Waals surface area contributed by atoms with E-state index in [2.05, 4.69) is 15.5 Å². The summed E-state index contributed by atoms with van der Waals surface area (Å²) in [5, 5.41) is 7.25. The van der Waals surface area contributed by atoms with Crippen molar-refractivity contribution in [3.8, 4) is 0 Å². The summed E-state index contributed by atoms with van der Waals surface area (Å²) in [6, 6.07) is 20.4. The first kappa shape index (κ1) is 27.3. The van der Waals surface area contributed by atoms with E-state index in [9.17, 15) is 9.59 Å². The van der Waals surface area contributed by atoms with Gasteiger partial charge in [0.2, 0.25) is 5.91 Å². The van der Waals surface area contributed by atoms with E-state index < -0.39 is 0 Å². The van der Waals surface area contributed by atoms with Crippen LogP contribution in [0.3, 0.4) is 0 Å². The molecule has 1 aliphatic rings. The Morgan fingerprint density at radius 1 is 0.946 bits per heavy atom. The first-order valence-electron chi connectivity index (χ1n) is 11.7. The molecule has 1 fully saturated rings. The van der Waals surface area contributed by atoms with Gasteiger partial charge in [0, 0.05) is 41.7 Å². The van der Waals surface area contributed by atoms with E-state index in [4.69, 9.17) is 35.4 Å². The zero-order valence-electron chi connectivity index (χ0n) is 20.2. The van der Waals surface area contributed by atoms with Crippen molar-refractivity contribution in [2.45, 2.75) is 11.8 Å². The number of amides is 2. The molecule has 0 saturated carbocycles. The number of anilines is 2. The molecule has 0 aromatic heterocycles. The normalized spacial score (nSPS) is 13.3. The highest BCUT2D eigenvalue weighted by atomic mass is 35.5. The lowest BCUT2D eigenvalue weighted by Gasteiger charge is -2.37. The van der Waals surface area contributed by atoms with Gasteiger partial charge < -0.3 is 20.4 Å². The summed E-state index contributed by atoms with van der Waals surface area (Å²) in [7, 11) is 0. The maximum atomic E-state index is 12.9. The maximum absolute atomic E-state index is 12.9. The Morgan fingerprint density at radius 3 is 2.30 bits per heavy atom. The minimum atomic E-state index is -0.218. The third kappa shape index (κ3) is 7.38. The molecule has 0 unspecified atom stereocenters. The highest BCUT2D eigenvalue weighted by molar-refractivity contribution is 8.00. The largest absolute Gasteiger partial charge is 0.365 e. The number of hydrogen-bond donors (Lipinski definition) is 2. The third-order valence-electron chi connectivity index (χ3n) is 5.85. The lowest BCUT2D eigenvalue weighted by molar-refractivity contribution is -0.117. The molecule has 6 nitrogen and oxygen atoms in total. The molecule has 2 amide bonds. The summed E-state index contributed by atoms with van der Waals surface area (Å²) in [5.41, 5.74) is 3.30. The van der Waals surface area contributed by atoms with Crippen LogP contribution in [0.2, 0.25) is 10.0 Å². The van der Waals surface area contributed by atoms with Crippen LogP contribution in [0.15, 0.2) is 71.6 Å². The van der Waals surface area contributed by atoms with Crippen molar-refractivity contribution < 1.29 is 9.59 Å². The van der Waals surface area contributed by atoms with Crippen molar-refractivity contribution in [1.29, 1.82) is 0 Å². The van der Waals surface area contributed by atoms with E-state index in [0.29, 0.717) is 47.5 Å². The van der Waals surface area contributed by atoms with Crippen LogP contribution in [0.1, 0.15) is 15.9 Å². The number of benzene rings is 3. The standard InChI is InChI=1S/C27H26Cl2N4O2S2/c1-18-5-7-19(8-6-18)26(35)33-15-13-32(14-16-33)25-22(29)3-2-4-23(25)30-27(36)31-24(34)17-37-21-11-9-20(28)10-12-21/h2-12H,13-17H2,1H3,(H2,30,31,34,36). The number of nitrogens with zero attached hydrogens (tertiary/aromatic N) is 2. The Balaban J connectivity index is 1.34. The van der Waals surface area contributed by atoms with Gasteiger partial charge >= 0.3 is 0 Å². The predicted molar refractivity (Wildman–Crippen MR) is 157 cm³/mol. The number of para-hydroxylation sites is 1. The van der Waals surface area contributed by atoms with Crippen LogP contribution in [-0.4, -0.2) is 53.8 Å². The fourth-order valence-electron chi connectivity index (χ4n) is 3.95. The zero-order chi connectivity index (χ0) is 26.4. The summed E-state index contributed by atoms with van der Waals surface area (Å²) in [5.74, 6) is 0.0183. The number of carbonyl (C=O) groups is 2. The Labute approximate surface area is 236 Å². The van der Waals surface area contributed by atoms with Gasteiger partial charge in [-0.15, -0.1) is 11.8 Å². The molecule has 1 heterocycles. The Bertz CT molecular complexity index is 1280. The van der Waals surface area contributed by atoms with Crippen molar-refractivity contribution in [1.82, 2.24) is 10.2 Å². The predicted octanol–water partition coefficient (Wildman–Crippen LogP) is 5.87. The van der Waals surface area contributed by atoms with Crippen molar-refractivity contribution in [2.24, 2.45) is 0 Å². The highest BCUT2D eigenvalue weighted by Crippen LogP contribution is 2.34. The van der Waals surface area contributed by atoms with Gasteiger partial charge in [0.1, 0.15) is 0 Å². The van der Waals surface area contributed by atoms with Gasteiger partial charge in [-0.25, -0.2) is 0 Å². The number of halogens is 2. The van der Waals surface area contributed by atoms with Gasteiger partial charge in [-0.05, 0) is 67.7 Å². The lowest BCUT2D eigenvalue weighted by atomic mass is 10.1. The van der Waals surface area contributed by atoms with E-state index in [-0.39, 0.29) is 22.7 Å². The van der Waals surface area contributed by atoms with Gasteiger partial charge in [0.15, 0.2) is 5.11 Å². The molecule has 0 bridgehead atoms. The molecule has 192 valence electrons. The number of piperazine rings is 1. The quantitative estimate of drug-likeness (QED) is 0.284. The van der Waals surface area contributed by atoms with Gasteiger partial charge in [0.25, 0.3) is 5.91 Å². The monoisotopic (exact) mass is 572 g/mol. The summed E-state index contributed by atoms with van der Waals surface area (Å²) in [6.07, 6.45) is 0. The molecule has 10 heteroatoms. The van der Waals surface area contributed by atoms with Gasteiger partial charge in [-0.1, -0.05) is 47.0 Å². The smallest absolute Gasteiger partial charge is 0.253 e. The van der Waals surface area contributed by atoms with Crippen LogP contribution in [-0.2, 0) is 4.79 Å². The Morgan fingerprint density at radius 2 is 1.62 bits per heavy atom. The second-order valence-corrected chi connectivity index (χ2v) is 10.8. The number of rotatable bonds is 6. The van der Waals surface area contributed by atoms with E-state index >= 15 is 0 Å². The minimum absolute atomic E-state index is 0.0255. The van der Waals surface area contributed by atoms with Crippen LogP contribution in [0, 0.1) is 6.92 Å². The number of aryl methyl sites for hydroxylation is 1. The van der Waals surface area contributed by atoms with Crippen LogP contribution in [0.25, 0.3) is 0 Å². The summed E-state index contributed by atoms with van der Waals surface area (Å²) >= 11 is 19.3. The molecule has 1 saturated heterocycles. The first-order chi connectivity index (χ1) is 17.8. The van der Waals surface area contributed by atoms with Crippen molar-refractivity contribution in [3.05, 3.63) is 87.9 Å². The molecule has 0 aliphatic carbocycles. The average molecular weight is 574 g/mol. The summed E-state index contributed by atoms with van der Waals surface area (Å²) in [6.45, 7) is 4.38. The van der Waals surface area contributed by atoms with E-state index in [1.165, 1.54) is 11.8 Å². The molecule has 0 spiro atoms. The molecule has 4 rings (SSSR count). The third-order valence-corrected chi connectivity index (χ3v) is 7.63. The number of nitrogens with one attached hydrogen (secondary N) is 2. The number of hydrogen-bond acceptors (Lipinski definition) is 5. The van der Waals surface area contributed by atoms with Crippen molar-refractivity contribution >= 4 is 75.5 Å². The molecule has 1 aliphatic heterocycles. The topological polar surface area (TPSA) is 64.7 Å². The molecule has 2 N–H and O–H groups in total.